The third-order valence-corrected chi connectivity index (χ3v) is 3.55. The van der Waals surface area contributed by atoms with Crippen LogP contribution in [0.25, 0.3) is 0 Å². The monoisotopic (exact) mass is 284 g/mol. The van der Waals surface area contributed by atoms with Crippen molar-refractivity contribution in [2.75, 3.05) is 6.61 Å². The number of ketones is 1. The molecule has 0 aliphatic heterocycles. The summed E-state index contributed by atoms with van der Waals surface area (Å²) in [5, 5.41) is 0. The van der Waals surface area contributed by atoms with Crippen LogP contribution in [0.5, 0.6) is 0 Å². The number of halogens is 1. The fourth-order valence-corrected chi connectivity index (χ4v) is 1.74. The predicted molar refractivity (Wildman–Crippen MR) is 64.4 cm³/mol. The van der Waals surface area contributed by atoms with Crippen molar-refractivity contribution < 1.29 is 14.3 Å². The van der Waals surface area contributed by atoms with Crippen LogP contribution in [0.4, 0.5) is 0 Å². The first-order valence-electron chi connectivity index (χ1n) is 4.96. The Hall–Kier alpha value is -1.16. The average Bonchev–Trinajstić information content (AvgIpc) is 2.29. The van der Waals surface area contributed by atoms with E-state index >= 15 is 0 Å². The third-order valence-electron chi connectivity index (χ3n) is 2.21. The first-order valence-corrected chi connectivity index (χ1v) is 5.75. The van der Waals surface area contributed by atoms with Gasteiger partial charge in [0.2, 0.25) is 4.32 Å². The first kappa shape index (κ1) is 12.9. The topological polar surface area (TPSA) is 43.4 Å². The molecule has 0 saturated carbocycles. The van der Waals surface area contributed by atoms with Crippen LogP contribution >= 0.6 is 15.9 Å². The van der Waals surface area contributed by atoms with E-state index in [0.717, 1.165) is 0 Å². The molecule has 0 saturated heterocycles. The molecule has 4 heteroatoms. The molecular weight excluding hydrogens is 272 g/mol. The van der Waals surface area contributed by atoms with Gasteiger partial charge in [-0.2, -0.15) is 0 Å². The van der Waals surface area contributed by atoms with Crippen LogP contribution in [0.15, 0.2) is 30.3 Å². The minimum Gasteiger partial charge on any atom is -0.464 e. The molecule has 86 valence electrons. The number of benzene rings is 1. The van der Waals surface area contributed by atoms with Crippen LogP contribution in [-0.4, -0.2) is 18.4 Å². The molecule has 1 rings (SSSR count). The lowest BCUT2D eigenvalue weighted by Gasteiger charge is -2.22. The van der Waals surface area contributed by atoms with E-state index in [1.807, 2.05) is 6.07 Å². The van der Waals surface area contributed by atoms with Crippen molar-refractivity contribution in [3.63, 3.8) is 0 Å². The molecule has 1 unspecified atom stereocenters. The minimum absolute atomic E-state index is 0.242. The Morgan fingerprint density at radius 3 is 2.31 bits per heavy atom. The van der Waals surface area contributed by atoms with Crippen LogP contribution in [0.3, 0.4) is 0 Å². The number of carbonyl (C=O) groups excluding carboxylic acids is 2. The second kappa shape index (κ2) is 5.25. The second-order valence-electron chi connectivity index (χ2n) is 3.30. The summed E-state index contributed by atoms with van der Waals surface area (Å²) in [7, 11) is 0. The lowest BCUT2D eigenvalue weighted by Crippen LogP contribution is -2.38. The lowest BCUT2D eigenvalue weighted by atomic mass is 9.95. The van der Waals surface area contributed by atoms with Crippen molar-refractivity contribution in [3.05, 3.63) is 35.9 Å². The van der Waals surface area contributed by atoms with Gasteiger partial charge in [-0.25, -0.2) is 4.79 Å². The summed E-state index contributed by atoms with van der Waals surface area (Å²) in [4.78, 5) is 23.5. The largest absolute Gasteiger partial charge is 0.464 e. The van der Waals surface area contributed by atoms with E-state index in [4.69, 9.17) is 4.74 Å². The Balaban J connectivity index is 3.17. The zero-order valence-corrected chi connectivity index (χ0v) is 10.8. The molecule has 0 aliphatic carbocycles. The van der Waals surface area contributed by atoms with E-state index in [0.29, 0.717) is 5.56 Å². The Labute approximate surface area is 103 Å². The molecule has 0 fully saturated rings. The normalized spacial score (nSPS) is 13.9. The highest BCUT2D eigenvalue weighted by molar-refractivity contribution is 9.10. The summed E-state index contributed by atoms with van der Waals surface area (Å²) in [6.07, 6.45) is 0. The number of hydrogen-bond acceptors (Lipinski definition) is 3. The van der Waals surface area contributed by atoms with Gasteiger partial charge in [0.1, 0.15) is 0 Å². The molecule has 0 aromatic heterocycles. The highest BCUT2D eigenvalue weighted by Crippen LogP contribution is 2.33. The van der Waals surface area contributed by atoms with Crippen LogP contribution < -0.4 is 0 Å². The summed E-state index contributed by atoms with van der Waals surface area (Å²) in [5.74, 6) is -0.870. The standard InChI is InChI=1S/C12H13BrO3/c1-3-16-11(15)12(13,9(2)14)10-7-5-4-6-8-10/h4-8H,3H2,1-2H3. The Bertz CT molecular complexity index is 389. The second-order valence-corrected chi connectivity index (χ2v) is 4.49. The molecule has 0 N–H and O–H groups in total. The molecule has 0 spiro atoms. The van der Waals surface area contributed by atoms with E-state index in [1.165, 1.54) is 6.92 Å². The van der Waals surface area contributed by atoms with Crippen LogP contribution in [0.2, 0.25) is 0 Å². The molecule has 1 atom stereocenters. The molecule has 1 aromatic rings. The van der Waals surface area contributed by atoms with Gasteiger partial charge in [-0.15, -0.1) is 0 Å². The smallest absolute Gasteiger partial charge is 0.335 e. The van der Waals surface area contributed by atoms with Crippen molar-refractivity contribution in [2.24, 2.45) is 0 Å². The molecule has 0 aliphatic rings. The summed E-state index contributed by atoms with van der Waals surface area (Å²) in [6.45, 7) is 3.31. The quantitative estimate of drug-likeness (QED) is 0.485. The maximum atomic E-state index is 11.8. The number of esters is 1. The molecule has 1 aromatic carbocycles. The summed E-state index contributed by atoms with van der Waals surface area (Å²) in [6, 6.07) is 8.80. The van der Waals surface area contributed by atoms with Crippen molar-refractivity contribution in [3.8, 4) is 0 Å². The van der Waals surface area contributed by atoms with Crippen molar-refractivity contribution in [1.29, 1.82) is 0 Å². The van der Waals surface area contributed by atoms with Crippen molar-refractivity contribution in [2.45, 2.75) is 18.2 Å². The SMILES string of the molecule is CCOC(=O)C(Br)(C(C)=O)c1ccccc1. The Kier molecular flexibility index (Phi) is 4.24. The maximum absolute atomic E-state index is 11.8. The highest BCUT2D eigenvalue weighted by atomic mass is 79.9. The molecule has 3 nitrogen and oxygen atoms in total. The summed E-state index contributed by atoms with van der Waals surface area (Å²) >= 11 is 3.20. The fourth-order valence-electron chi connectivity index (χ4n) is 1.36. The number of carbonyl (C=O) groups is 2. The minimum atomic E-state index is -1.38. The van der Waals surface area contributed by atoms with Gasteiger partial charge in [-0.1, -0.05) is 46.3 Å². The van der Waals surface area contributed by atoms with Crippen LogP contribution in [0.1, 0.15) is 19.4 Å². The van der Waals surface area contributed by atoms with Gasteiger partial charge >= 0.3 is 5.97 Å². The zero-order chi connectivity index (χ0) is 12.2. The average molecular weight is 285 g/mol. The van der Waals surface area contributed by atoms with E-state index in [-0.39, 0.29) is 12.4 Å². The van der Waals surface area contributed by atoms with E-state index in [1.54, 1.807) is 31.2 Å². The highest BCUT2D eigenvalue weighted by Gasteiger charge is 2.43. The molecule has 0 amide bonds. The number of ether oxygens (including phenoxy) is 1. The number of rotatable bonds is 4. The van der Waals surface area contributed by atoms with Crippen LogP contribution in [-0.2, 0) is 18.7 Å². The number of alkyl halides is 1. The number of hydrogen-bond donors (Lipinski definition) is 0. The van der Waals surface area contributed by atoms with E-state index < -0.39 is 10.3 Å². The van der Waals surface area contributed by atoms with Crippen molar-refractivity contribution in [1.82, 2.24) is 0 Å². The number of Topliss-reactive ketones (excluding diaryl/α,β-unsaturated/α-hetero) is 1. The molecule has 16 heavy (non-hydrogen) atoms. The Morgan fingerprint density at radius 1 is 1.31 bits per heavy atom. The molecular formula is C12H13BrO3. The zero-order valence-electron chi connectivity index (χ0n) is 9.20. The van der Waals surface area contributed by atoms with Gasteiger partial charge in [0.05, 0.1) is 6.61 Å². The van der Waals surface area contributed by atoms with Gasteiger partial charge in [0.15, 0.2) is 5.78 Å². The molecule has 0 heterocycles. The van der Waals surface area contributed by atoms with Crippen LogP contribution in [0, 0.1) is 0 Å². The lowest BCUT2D eigenvalue weighted by molar-refractivity contribution is -0.148. The molecule has 0 radical (unpaired) electrons. The van der Waals surface area contributed by atoms with Gasteiger partial charge in [-0.05, 0) is 19.4 Å². The summed E-state index contributed by atoms with van der Waals surface area (Å²) in [5.41, 5.74) is 0.584. The van der Waals surface area contributed by atoms with Gasteiger partial charge in [0, 0.05) is 0 Å². The first-order chi connectivity index (χ1) is 7.53. The van der Waals surface area contributed by atoms with E-state index in [2.05, 4.69) is 15.9 Å². The maximum Gasteiger partial charge on any atom is 0.335 e. The summed E-state index contributed by atoms with van der Waals surface area (Å²) < 4.78 is 3.53. The predicted octanol–water partition coefficient (Wildman–Crippen LogP) is 2.43. The van der Waals surface area contributed by atoms with Crippen molar-refractivity contribution >= 4 is 27.7 Å². The Morgan fingerprint density at radius 2 is 1.88 bits per heavy atom. The van der Waals surface area contributed by atoms with Gasteiger partial charge in [0.25, 0.3) is 0 Å². The van der Waals surface area contributed by atoms with Gasteiger partial charge in [-0.3, -0.25) is 4.79 Å². The van der Waals surface area contributed by atoms with Gasteiger partial charge < -0.3 is 4.74 Å². The van der Waals surface area contributed by atoms with E-state index in [9.17, 15) is 9.59 Å². The molecule has 0 bridgehead atoms. The third kappa shape index (κ3) is 2.32. The fraction of sp³-hybridized carbons (Fsp3) is 0.333.